The van der Waals surface area contributed by atoms with Gasteiger partial charge >= 0.3 is 0 Å². The molecule has 0 saturated heterocycles. The van der Waals surface area contributed by atoms with E-state index in [0.29, 0.717) is 63.8 Å². The Labute approximate surface area is 273 Å². The fraction of sp³-hybridized carbons (Fsp3) is 0.750. The summed E-state index contributed by atoms with van der Waals surface area (Å²) in [5.41, 5.74) is 0.891. The van der Waals surface area contributed by atoms with Crippen LogP contribution in [0.4, 0.5) is 0 Å². The van der Waals surface area contributed by atoms with Gasteiger partial charge in [0, 0.05) is 43.4 Å². The average Bonchev–Trinajstić information content (AvgIpc) is 3.05. The Kier molecular flexibility index (Phi) is 26.1. The topological polar surface area (TPSA) is 115 Å². The molecule has 0 atom stereocenters. The number of unbranched alkanes of at least 4 members (excludes halogenated alkanes) is 14. The lowest BCUT2D eigenvalue weighted by Crippen LogP contribution is -2.30. The molecule has 0 aliphatic rings. The van der Waals surface area contributed by atoms with Crippen molar-refractivity contribution in [3.8, 4) is 0 Å². The second-order valence-corrected chi connectivity index (χ2v) is 11.7. The largest absolute Gasteiger partial charge is 0.382 e. The first-order valence-electron chi connectivity index (χ1n) is 17.7. The van der Waals surface area contributed by atoms with Crippen molar-refractivity contribution < 1.29 is 28.6 Å². The van der Waals surface area contributed by atoms with Crippen molar-refractivity contribution in [1.29, 1.82) is 0 Å². The molecule has 3 N–H and O–H groups in total. The van der Waals surface area contributed by atoms with Crippen molar-refractivity contribution in [2.45, 2.75) is 117 Å². The molecule has 1 rings (SSSR count). The summed E-state index contributed by atoms with van der Waals surface area (Å²) >= 11 is 0. The van der Waals surface area contributed by atoms with Crippen molar-refractivity contribution >= 4 is 17.7 Å². The summed E-state index contributed by atoms with van der Waals surface area (Å²) in [6.45, 7) is 8.10. The van der Waals surface area contributed by atoms with Crippen LogP contribution in [0.15, 0.2) is 18.2 Å². The molecular weight excluding hydrogens is 570 g/mol. The highest BCUT2D eigenvalue weighted by Crippen LogP contribution is 2.13. The smallest absolute Gasteiger partial charge is 0.251 e. The van der Waals surface area contributed by atoms with Crippen LogP contribution in [0.1, 0.15) is 148 Å². The first kappa shape index (κ1) is 40.5. The number of rotatable bonds is 30. The summed E-state index contributed by atoms with van der Waals surface area (Å²) < 4.78 is 15.8. The molecule has 45 heavy (non-hydrogen) atoms. The van der Waals surface area contributed by atoms with Gasteiger partial charge in [-0.25, -0.2) is 0 Å². The van der Waals surface area contributed by atoms with Gasteiger partial charge in [0.1, 0.15) is 0 Å². The maximum Gasteiger partial charge on any atom is 0.251 e. The molecule has 3 amide bonds. The summed E-state index contributed by atoms with van der Waals surface area (Å²) in [4.78, 5) is 39.1. The maximum absolute atomic E-state index is 13.0. The van der Waals surface area contributed by atoms with Crippen LogP contribution in [-0.4, -0.2) is 77.5 Å². The number of carbonyl (C=O) groups is 3. The molecule has 0 aliphatic heterocycles. The van der Waals surface area contributed by atoms with Crippen molar-refractivity contribution in [2.24, 2.45) is 0 Å². The summed E-state index contributed by atoms with van der Waals surface area (Å²) in [6, 6.07) is 4.69. The van der Waals surface area contributed by atoms with Gasteiger partial charge in [0.2, 0.25) is 0 Å². The minimum absolute atomic E-state index is 0.273. The Hall–Kier alpha value is -2.49. The lowest BCUT2D eigenvalue weighted by atomic mass is 10.0. The predicted octanol–water partition coefficient (Wildman–Crippen LogP) is 6.84. The van der Waals surface area contributed by atoms with E-state index in [1.54, 1.807) is 25.3 Å². The van der Waals surface area contributed by atoms with E-state index in [0.717, 1.165) is 25.7 Å². The summed E-state index contributed by atoms with van der Waals surface area (Å²) in [5.74, 6) is -0.909. The van der Waals surface area contributed by atoms with Crippen LogP contribution in [-0.2, 0) is 14.2 Å². The molecule has 0 heterocycles. The average molecular weight is 634 g/mol. The second kappa shape index (κ2) is 28.9. The van der Waals surface area contributed by atoms with Gasteiger partial charge in [0.25, 0.3) is 17.7 Å². The van der Waals surface area contributed by atoms with Gasteiger partial charge in [-0.1, -0.05) is 104 Å². The third-order valence-corrected chi connectivity index (χ3v) is 7.69. The monoisotopic (exact) mass is 633 g/mol. The molecule has 1 aromatic carbocycles. The Morgan fingerprint density at radius 2 is 0.800 bits per heavy atom. The predicted molar refractivity (Wildman–Crippen MR) is 182 cm³/mol. The fourth-order valence-electron chi connectivity index (χ4n) is 4.95. The Morgan fingerprint density at radius 3 is 1.20 bits per heavy atom. The molecule has 0 bridgehead atoms. The second-order valence-electron chi connectivity index (χ2n) is 11.7. The molecular formula is C36H63N3O6. The SMILES string of the molecule is CCCCCCCCCCNC(=O)c1cc(C(=O)NCCCCCCCCCC)cc(C(=O)NCCOCCOCCOC)c1. The van der Waals surface area contributed by atoms with E-state index in [9.17, 15) is 14.4 Å². The zero-order valence-corrected chi connectivity index (χ0v) is 28.7. The number of methoxy groups -OCH3 is 1. The minimum Gasteiger partial charge on any atom is -0.382 e. The third kappa shape index (κ3) is 21.8. The van der Waals surface area contributed by atoms with Crippen molar-refractivity contribution in [2.75, 3.05) is 59.8 Å². The number of nitrogens with one attached hydrogen (secondary N) is 3. The molecule has 0 aliphatic carbocycles. The van der Waals surface area contributed by atoms with Crippen molar-refractivity contribution in [3.05, 3.63) is 34.9 Å². The summed E-state index contributed by atoms with van der Waals surface area (Å²) in [7, 11) is 1.62. The van der Waals surface area contributed by atoms with E-state index >= 15 is 0 Å². The van der Waals surface area contributed by atoms with Crippen LogP contribution >= 0.6 is 0 Å². The zero-order valence-electron chi connectivity index (χ0n) is 28.7. The van der Waals surface area contributed by atoms with Gasteiger partial charge in [-0.05, 0) is 31.0 Å². The first-order chi connectivity index (χ1) is 22.0. The van der Waals surface area contributed by atoms with E-state index in [-0.39, 0.29) is 23.3 Å². The third-order valence-electron chi connectivity index (χ3n) is 7.69. The molecule has 1 aromatic rings. The van der Waals surface area contributed by atoms with Gasteiger partial charge < -0.3 is 30.2 Å². The first-order valence-corrected chi connectivity index (χ1v) is 17.7. The normalized spacial score (nSPS) is 11.0. The minimum atomic E-state index is -0.357. The van der Waals surface area contributed by atoms with Crippen LogP contribution < -0.4 is 16.0 Å². The van der Waals surface area contributed by atoms with Crippen LogP contribution in [0, 0.1) is 0 Å². The maximum atomic E-state index is 13.0. The highest BCUT2D eigenvalue weighted by atomic mass is 16.5. The van der Waals surface area contributed by atoms with E-state index in [4.69, 9.17) is 14.2 Å². The van der Waals surface area contributed by atoms with E-state index in [2.05, 4.69) is 29.8 Å². The Balaban J connectivity index is 2.63. The summed E-state index contributed by atoms with van der Waals surface area (Å²) in [5, 5.41) is 8.76. The Bertz CT molecular complexity index is 784. The number of hydrogen-bond acceptors (Lipinski definition) is 6. The number of hydrogen-bond donors (Lipinski definition) is 3. The standard InChI is InChI=1S/C36H63N3O6/c1-4-6-8-10-12-14-16-18-20-37-34(40)31-28-32(35(41)38-21-19-17-15-13-11-9-7-5-2)30-33(29-31)36(42)39-22-23-44-26-27-45-25-24-43-3/h28-30H,4-27H2,1-3H3,(H,37,40)(H,38,41)(H,39,42). The van der Waals surface area contributed by atoms with E-state index < -0.39 is 0 Å². The molecule has 0 fully saturated rings. The quantitative estimate of drug-likeness (QED) is 0.0800. The van der Waals surface area contributed by atoms with Crippen molar-refractivity contribution in [3.63, 3.8) is 0 Å². The molecule has 258 valence electrons. The van der Waals surface area contributed by atoms with Crippen LogP contribution in [0.2, 0.25) is 0 Å². The molecule has 0 radical (unpaired) electrons. The lowest BCUT2D eigenvalue weighted by molar-refractivity contribution is 0.0255. The Morgan fingerprint density at radius 1 is 0.467 bits per heavy atom. The van der Waals surface area contributed by atoms with E-state index in [1.807, 2.05) is 0 Å². The van der Waals surface area contributed by atoms with Gasteiger partial charge in [-0.3, -0.25) is 14.4 Å². The molecule has 0 saturated carbocycles. The number of ether oxygens (including phenoxy) is 3. The molecule has 9 nitrogen and oxygen atoms in total. The number of carbonyl (C=O) groups excluding carboxylic acids is 3. The number of benzene rings is 1. The molecule has 0 unspecified atom stereocenters. The highest BCUT2D eigenvalue weighted by molar-refractivity contribution is 6.04. The van der Waals surface area contributed by atoms with Gasteiger partial charge in [0.05, 0.1) is 33.0 Å². The number of amides is 3. The van der Waals surface area contributed by atoms with Crippen LogP contribution in [0.25, 0.3) is 0 Å². The lowest BCUT2D eigenvalue weighted by Gasteiger charge is -2.12. The van der Waals surface area contributed by atoms with E-state index in [1.165, 1.54) is 77.0 Å². The van der Waals surface area contributed by atoms with Crippen LogP contribution in [0.3, 0.4) is 0 Å². The van der Waals surface area contributed by atoms with Crippen LogP contribution in [0.5, 0.6) is 0 Å². The van der Waals surface area contributed by atoms with Gasteiger partial charge in [-0.15, -0.1) is 0 Å². The van der Waals surface area contributed by atoms with Crippen molar-refractivity contribution in [1.82, 2.24) is 16.0 Å². The molecule has 0 aromatic heterocycles. The van der Waals surface area contributed by atoms with Gasteiger partial charge in [-0.2, -0.15) is 0 Å². The highest BCUT2D eigenvalue weighted by Gasteiger charge is 2.16. The molecule has 0 spiro atoms. The molecule has 9 heteroatoms. The fourth-order valence-corrected chi connectivity index (χ4v) is 4.95. The van der Waals surface area contributed by atoms with Gasteiger partial charge in [0.15, 0.2) is 0 Å². The summed E-state index contributed by atoms with van der Waals surface area (Å²) in [6.07, 6.45) is 19.0. The zero-order chi connectivity index (χ0) is 32.8.